The van der Waals surface area contributed by atoms with Crippen LogP contribution in [0.15, 0.2) is 18.5 Å². The van der Waals surface area contributed by atoms with E-state index >= 15 is 0 Å². The number of sulfone groups is 1. The Hall–Kier alpha value is -2.27. The lowest BCUT2D eigenvalue weighted by molar-refractivity contribution is 0.443. The Labute approximate surface area is 140 Å². The Kier molecular flexibility index (Phi) is 4.37. The van der Waals surface area contributed by atoms with E-state index in [2.05, 4.69) is 14.8 Å². The zero-order valence-corrected chi connectivity index (χ0v) is 14.1. The van der Waals surface area contributed by atoms with Gasteiger partial charge in [-0.05, 0) is 30.9 Å². The molecule has 126 valence electrons. The third-order valence-electron chi connectivity index (χ3n) is 4.16. The summed E-state index contributed by atoms with van der Waals surface area (Å²) in [5, 5.41) is 0.544. The Bertz CT molecular complexity index is 924. The Balaban J connectivity index is 1.97. The molecule has 0 N–H and O–H groups in total. The average molecular weight is 348 g/mol. The minimum atomic E-state index is -3.04. The molecule has 24 heavy (non-hydrogen) atoms. The molecular weight excluding hydrogens is 331 g/mol. The number of halogens is 1. The molecule has 1 aliphatic heterocycles. The van der Waals surface area contributed by atoms with E-state index in [4.69, 9.17) is 6.57 Å². The van der Waals surface area contributed by atoms with Gasteiger partial charge in [0.05, 0.1) is 17.8 Å². The van der Waals surface area contributed by atoms with Crippen molar-refractivity contribution < 1.29 is 12.8 Å². The lowest BCUT2D eigenvalue weighted by Gasteiger charge is -2.33. The molecule has 6 nitrogen and oxygen atoms in total. The molecule has 1 unspecified atom stereocenters. The lowest BCUT2D eigenvalue weighted by atomic mass is 9.99. The standard InChI is InChI=1S/C16H17FN4O2S/c1-18-15-7-14-12(6-13(15)17)16(20-10-19-14)21-5-3-4-11(8-21)9-24(2,22)23/h6-7,10-11H,3-5,8-9H2,2H3. The molecule has 2 heterocycles. The van der Waals surface area contributed by atoms with Gasteiger partial charge in [0.15, 0.2) is 0 Å². The van der Waals surface area contributed by atoms with Gasteiger partial charge in [0, 0.05) is 24.7 Å². The predicted octanol–water partition coefficient (Wildman–Crippen LogP) is 2.58. The number of benzene rings is 1. The van der Waals surface area contributed by atoms with Crippen LogP contribution in [0.25, 0.3) is 15.7 Å². The number of anilines is 1. The zero-order chi connectivity index (χ0) is 17.3. The van der Waals surface area contributed by atoms with Crippen LogP contribution in [0.2, 0.25) is 0 Å². The van der Waals surface area contributed by atoms with Gasteiger partial charge in [-0.25, -0.2) is 27.6 Å². The highest BCUT2D eigenvalue weighted by molar-refractivity contribution is 7.90. The normalized spacial score (nSPS) is 18.5. The van der Waals surface area contributed by atoms with Gasteiger partial charge in [-0.15, -0.1) is 0 Å². The second-order valence-corrected chi connectivity index (χ2v) is 8.36. The number of fused-ring (bicyclic) bond motifs is 1. The summed E-state index contributed by atoms with van der Waals surface area (Å²) in [5.74, 6) is 0.168. The number of piperidine rings is 1. The van der Waals surface area contributed by atoms with Crippen molar-refractivity contribution in [2.75, 3.05) is 30.0 Å². The summed E-state index contributed by atoms with van der Waals surface area (Å²) >= 11 is 0. The molecule has 8 heteroatoms. The number of hydrogen-bond acceptors (Lipinski definition) is 5. The molecule has 0 saturated carbocycles. The van der Waals surface area contributed by atoms with E-state index in [1.54, 1.807) is 0 Å². The molecule has 0 aliphatic carbocycles. The Morgan fingerprint density at radius 1 is 1.42 bits per heavy atom. The molecule has 1 aromatic carbocycles. The van der Waals surface area contributed by atoms with Crippen LogP contribution in [-0.4, -0.2) is 43.5 Å². The molecule has 1 fully saturated rings. The van der Waals surface area contributed by atoms with Crippen LogP contribution in [0.1, 0.15) is 12.8 Å². The third kappa shape index (κ3) is 3.46. The molecule has 0 amide bonds. The second kappa shape index (κ2) is 6.32. The highest BCUT2D eigenvalue weighted by Crippen LogP contribution is 2.31. The molecule has 1 atom stereocenters. The molecular formula is C16H17FN4O2S. The van der Waals surface area contributed by atoms with Crippen LogP contribution >= 0.6 is 0 Å². The second-order valence-electron chi connectivity index (χ2n) is 6.18. The molecule has 1 saturated heterocycles. The van der Waals surface area contributed by atoms with Gasteiger partial charge in [-0.2, -0.15) is 0 Å². The van der Waals surface area contributed by atoms with Crippen molar-refractivity contribution in [3.05, 3.63) is 35.7 Å². The highest BCUT2D eigenvalue weighted by atomic mass is 32.2. The maximum atomic E-state index is 14.0. The summed E-state index contributed by atoms with van der Waals surface area (Å²) < 4.78 is 37.1. The van der Waals surface area contributed by atoms with E-state index in [0.29, 0.717) is 23.3 Å². The largest absolute Gasteiger partial charge is 0.356 e. The number of hydrogen-bond donors (Lipinski definition) is 0. The maximum Gasteiger partial charge on any atom is 0.224 e. The van der Waals surface area contributed by atoms with Gasteiger partial charge >= 0.3 is 0 Å². The number of aromatic nitrogens is 2. The summed E-state index contributed by atoms with van der Waals surface area (Å²) in [7, 11) is -3.04. The van der Waals surface area contributed by atoms with Crippen LogP contribution in [0, 0.1) is 18.3 Å². The molecule has 1 aromatic heterocycles. The average Bonchev–Trinajstić information content (AvgIpc) is 2.52. The summed E-state index contributed by atoms with van der Waals surface area (Å²) in [6, 6.07) is 2.71. The van der Waals surface area contributed by atoms with Crippen LogP contribution < -0.4 is 4.90 Å². The molecule has 0 radical (unpaired) electrons. The smallest absolute Gasteiger partial charge is 0.224 e. The van der Waals surface area contributed by atoms with E-state index in [1.165, 1.54) is 24.7 Å². The first-order valence-electron chi connectivity index (χ1n) is 7.62. The first-order chi connectivity index (χ1) is 11.4. The molecule has 3 rings (SSSR count). The van der Waals surface area contributed by atoms with Gasteiger partial charge in [-0.3, -0.25) is 0 Å². The van der Waals surface area contributed by atoms with E-state index in [0.717, 1.165) is 19.4 Å². The van der Waals surface area contributed by atoms with Gasteiger partial charge in [0.2, 0.25) is 5.69 Å². The number of rotatable bonds is 3. The van der Waals surface area contributed by atoms with Gasteiger partial charge in [0.1, 0.15) is 27.8 Å². The monoisotopic (exact) mass is 348 g/mol. The fourth-order valence-electron chi connectivity index (χ4n) is 3.21. The molecule has 2 aromatic rings. The topological polar surface area (TPSA) is 67.5 Å². The van der Waals surface area contributed by atoms with Crippen molar-refractivity contribution >= 4 is 32.2 Å². The van der Waals surface area contributed by atoms with E-state index < -0.39 is 15.7 Å². The first-order valence-corrected chi connectivity index (χ1v) is 9.68. The van der Waals surface area contributed by atoms with Gasteiger partial charge in [0.25, 0.3) is 0 Å². The summed E-state index contributed by atoms with van der Waals surface area (Å²) in [5.41, 5.74) is 0.443. The lowest BCUT2D eigenvalue weighted by Crippen LogP contribution is -2.38. The van der Waals surface area contributed by atoms with E-state index in [9.17, 15) is 12.8 Å². The number of nitrogens with zero attached hydrogens (tertiary/aromatic N) is 4. The van der Waals surface area contributed by atoms with Crippen molar-refractivity contribution in [2.45, 2.75) is 12.8 Å². The van der Waals surface area contributed by atoms with Crippen LogP contribution in [0.3, 0.4) is 0 Å². The Morgan fingerprint density at radius 2 is 2.21 bits per heavy atom. The van der Waals surface area contributed by atoms with E-state index in [1.807, 2.05) is 4.90 Å². The first kappa shape index (κ1) is 16.6. The van der Waals surface area contributed by atoms with Crippen molar-refractivity contribution in [1.82, 2.24) is 9.97 Å². The van der Waals surface area contributed by atoms with Crippen molar-refractivity contribution in [2.24, 2.45) is 5.92 Å². The van der Waals surface area contributed by atoms with Crippen molar-refractivity contribution in [1.29, 1.82) is 0 Å². The van der Waals surface area contributed by atoms with Crippen LogP contribution in [0.5, 0.6) is 0 Å². The molecule has 1 aliphatic rings. The molecule has 0 spiro atoms. The van der Waals surface area contributed by atoms with Crippen LogP contribution in [-0.2, 0) is 9.84 Å². The quantitative estimate of drug-likeness (QED) is 0.798. The summed E-state index contributed by atoms with van der Waals surface area (Å²) in [6.45, 7) is 8.29. The summed E-state index contributed by atoms with van der Waals surface area (Å²) in [6.07, 6.45) is 4.34. The van der Waals surface area contributed by atoms with Crippen molar-refractivity contribution in [3.8, 4) is 0 Å². The van der Waals surface area contributed by atoms with Gasteiger partial charge < -0.3 is 4.90 Å². The third-order valence-corrected chi connectivity index (χ3v) is 5.24. The van der Waals surface area contributed by atoms with Crippen molar-refractivity contribution in [3.63, 3.8) is 0 Å². The SMILES string of the molecule is [C-]#[N+]c1cc2ncnc(N3CCCC(CS(C)(=O)=O)C3)c2cc1F. The zero-order valence-electron chi connectivity index (χ0n) is 13.2. The highest BCUT2D eigenvalue weighted by Gasteiger charge is 2.25. The minimum Gasteiger partial charge on any atom is -0.356 e. The van der Waals surface area contributed by atoms with Crippen LogP contribution in [0.4, 0.5) is 15.9 Å². The fourth-order valence-corrected chi connectivity index (χ4v) is 4.34. The fraction of sp³-hybridized carbons (Fsp3) is 0.438. The maximum absolute atomic E-state index is 14.0. The van der Waals surface area contributed by atoms with E-state index in [-0.39, 0.29) is 17.4 Å². The van der Waals surface area contributed by atoms with Gasteiger partial charge in [-0.1, -0.05) is 0 Å². The molecule has 0 bridgehead atoms. The Morgan fingerprint density at radius 3 is 2.92 bits per heavy atom. The summed E-state index contributed by atoms with van der Waals surface area (Å²) in [4.78, 5) is 13.5. The predicted molar refractivity (Wildman–Crippen MR) is 90.4 cm³/mol. The minimum absolute atomic E-state index is 0.0335.